The van der Waals surface area contributed by atoms with Crippen molar-refractivity contribution < 1.29 is 0 Å². The van der Waals surface area contributed by atoms with Crippen LogP contribution in [0.25, 0.3) is 0 Å². The van der Waals surface area contributed by atoms with Crippen LogP contribution in [0.2, 0.25) is 0 Å². The summed E-state index contributed by atoms with van der Waals surface area (Å²) in [5.74, 6) is 0. The average Bonchev–Trinajstić information content (AvgIpc) is 1.96. The summed E-state index contributed by atoms with van der Waals surface area (Å²) in [4.78, 5) is 0. The first-order valence-electron chi connectivity index (χ1n) is 5.85. The standard InChI is InChI=1S/C12H28P2/c1-9(2)13(10(3)4)14(11(5)6)12(7)8/h9-12H,1-8H3. The molecule has 0 spiro atoms. The monoisotopic (exact) mass is 234 g/mol. The van der Waals surface area contributed by atoms with Gasteiger partial charge in [0.2, 0.25) is 0 Å². The van der Waals surface area contributed by atoms with Crippen LogP contribution in [0.4, 0.5) is 0 Å². The van der Waals surface area contributed by atoms with Gasteiger partial charge in [0.15, 0.2) is 0 Å². The van der Waals surface area contributed by atoms with Crippen LogP contribution in [0.3, 0.4) is 0 Å². The van der Waals surface area contributed by atoms with Crippen LogP contribution in [0.5, 0.6) is 0 Å². The van der Waals surface area contributed by atoms with Crippen molar-refractivity contribution in [3.05, 3.63) is 0 Å². The summed E-state index contributed by atoms with van der Waals surface area (Å²) in [6, 6.07) is 0. The van der Waals surface area contributed by atoms with E-state index in [2.05, 4.69) is 55.4 Å². The molecular weight excluding hydrogens is 206 g/mol. The van der Waals surface area contributed by atoms with Crippen LogP contribution >= 0.6 is 15.2 Å². The van der Waals surface area contributed by atoms with Gasteiger partial charge in [0, 0.05) is 0 Å². The van der Waals surface area contributed by atoms with Gasteiger partial charge in [-0.05, 0) is 22.6 Å². The Morgan fingerprint density at radius 1 is 0.429 bits per heavy atom. The number of rotatable bonds is 5. The molecular formula is C12H28P2. The molecule has 0 aromatic carbocycles. The van der Waals surface area contributed by atoms with E-state index in [-0.39, 0.29) is 15.2 Å². The minimum absolute atomic E-state index is 0.244. The van der Waals surface area contributed by atoms with Crippen molar-refractivity contribution in [1.29, 1.82) is 0 Å². The molecule has 0 unspecified atom stereocenters. The van der Waals surface area contributed by atoms with Crippen LogP contribution in [0.15, 0.2) is 0 Å². The predicted molar refractivity (Wildman–Crippen MR) is 74.4 cm³/mol. The molecule has 0 fully saturated rings. The molecule has 0 nitrogen and oxygen atoms in total. The molecule has 14 heavy (non-hydrogen) atoms. The highest BCUT2D eigenvalue weighted by Gasteiger charge is 2.30. The largest absolute Gasteiger partial charge is 0.0752 e. The van der Waals surface area contributed by atoms with Crippen LogP contribution in [-0.4, -0.2) is 22.6 Å². The summed E-state index contributed by atoms with van der Waals surface area (Å²) >= 11 is 0. The van der Waals surface area contributed by atoms with Crippen LogP contribution in [0.1, 0.15) is 55.4 Å². The number of hydrogen-bond acceptors (Lipinski definition) is 0. The summed E-state index contributed by atoms with van der Waals surface area (Å²) in [5, 5.41) is 0. The van der Waals surface area contributed by atoms with E-state index in [0.717, 1.165) is 22.6 Å². The zero-order valence-corrected chi connectivity index (χ0v) is 13.0. The lowest BCUT2D eigenvalue weighted by Crippen LogP contribution is -2.11. The van der Waals surface area contributed by atoms with Crippen LogP contribution < -0.4 is 0 Å². The fourth-order valence-corrected chi connectivity index (χ4v) is 13.2. The lowest BCUT2D eigenvalue weighted by Gasteiger charge is -2.39. The predicted octanol–water partition coefficient (Wildman–Crippen LogP) is 5.50. The highest BCUT2D eigenvalue weighted by atomic mass is 32.1. The van der Waals surface area contributed by atoms with E-state index in [1.54, 1.807) is 0 Å². The molecule has 0 aliphatic heterocycles. The van der Waals surface area contributed by atoms with E-state index in [1.165, 1.54) is 0 Å². The van der Waals surface area contributed by atoms with Gasteiger partial charge in [0.25, 0.3) is 0 Å². The Hall–Kier alpha value is 0.860. The lowest BCUT2D eigenvalue weighted by atomic mass is 10.5. The molecule has 0 radical (unpaired) electrons. The van der Waals surface area contributed by atoms with Gasteiger partial charge in [-0.3, -0.25) is 0 Å². The first-order valence-corrected chi connectivity index (χ1v) is 9.52. The van der Waals surface area contributed by atoms with E-state index < -0.39 is 0 Å². The van der Waals surface area contributed by atoms with Crippen molar-refractivity contribution >= 4 is 15.2 Å². The summed E-state index contributed by atoms with van der Waals surface area (Å²) in [7, 11) is 0.488. The molecule has 0 atom stereocenters. The van der Waals surface area contributed by atoms with E-state index in [4.69, 9.17) is 0 Å². The maximum atomic E-state index is 2.42. The molecule has 0 bridgehead atoms. The average molecular weight is 234 g/mol. The van der Waals surface area contributed by atoms with E-state index in [0.29, 0.717) is 0 Å². The van der Waals surface area contributed by atoms with Crippen molar-refractivity contribution in [3.8, 4) is 0 Å². The Bertz CT molecular complexity index is 116. The van der Waals surface area contributed by atoms with Crippen molar-refractivity contribution in [2.45, 2.75) is 78.0 Å². The quantitative estimate of drug-likeness (QED) is 0.551. The molecule has 0 aromatic heterocycles. The fourth-order valence-electron chi connectivity index (χ4n) is 2.26. The fraction of sp³-hybridized carbons (Fsp3) is 1.00. The molecule has 0 N–H and O–H groups in total. The van der Waals surface area contributed by atoms with E-state index in [9.17, 15) is 0 Å². The third kappa shape index (κ3) is 4.16. The molecule has 0 aromatic rings. The molecule has 0 aliphatic rings. The third-order valence-corrected chi connectivity index (χ3v) is 14.3. The summed E-state index contributed by atoms with van der Waals surface area (Å²) in [6.07, 6.45) is 0. The first-order chi connectivity index (χ1) is 6.29. The molecule has 86 valence electrons. The Balaban J connectivity index is 4.74. The maximum Gasteiger partial charge on any atom is -0.0225 e. The molecule has 0 rings (SSSR count). The van der Waals surface area contributed by atoms with Crippen LogP contribution in [-0.2, 0) is 0 Å². The molecule has 0 amide bonds. The summed E-state index contributed by atoms with van der Waals surface area (Å²) in [6.45, 7) is 19.4. The third-order valence-electron chi connectivity index (χ3n) is 2.38. The number of hydrogen-bond donors (Lipinski definition) is 0. The minimum Gasteiger partial charge on any atom is -0.0752 e. The molecule has 0 saturated carbocycles. The second kappa shape index (κ2) is 6.44. The van der Waals surface area contributed by atoms with Crippen molar-refractivity contribution in [2.75, 3.05) is 0 Å². The van der Waals surface area contributed by atoms with Gasteiger partial charge in [-0.15, -0.1) is 0 Å². The van der Waals surface area contributed by atoms with Crippen molar-refractivity contribution in [1.82, 2.24) is 0 Å². The summed E-state index contributed by atoms with van der Waals surface area (Å²) < 4.78 is 0. The van der Waals surface area contributed by atoms with Gasteiger partial charge in [-0.1, -0.05) is 70.6 Å². The Labute approximate surface area is 93.6 Å². The zero-order chi connectivity index (χ0) is 11.5. The summed E-state index contributed by atoms with van der Waals surface area (Å²) in [5.41, 5.74) is 3.61. The molecule has 0 saturated heterocycles. The normalized spacial score (nSPS) is 13.3. The van der Waals surface area contributed by atoms with Gasteiger partial charge in [0.05, 0.1) is 0 Å². The van der Waals surface area contributed by atoms with Gasteiger partial charge in [-0.2, -0.15) is 0 Å². The zero-order valence-electron chi connectivity index (χ0n) is 11.2. The second-order valence-corrected chi connectivity index (χ2v) is 13.6. The topological polar surface area (TPSA) is 0 Å². The highest BCUT2D eigenvalue weighted by Crippen LogP contribution is 2.77. The van der Waals surface area contributed by atoms with Gasteiger partial charge < -0.3 is 0 Å². The Morgan fingerprint density at radius 3 is 0.643 bits per heavy atom. The van der Waals surface area contributed by atoms with Gasteiger partial charge in [0.1, 0.15) is 0 Å². The van der Waals surface area contributed by atoms with Gasteiger partial charge >= 0.3 is 0 Å². The molecule has 0 aliphatic carbocycles. The van der Waals surface area contributed by atoms with E-state index in [1.807, 2.05) is 0 Å². The lowest BCUT2D eigenvalue weighted by molar-refractivity contribution is 0.998. The SMILES string of the molecule is CC(C)P(C(C)C)P(C(C)C)C(C)C. The molecule has 2 heteroatoms. The highest BCUT2D eigenvalue weighted by molar-refractivity contribution is 8.30. The Morgan fingerprint density at radius 2 is 0.571 bits per heavy atom. The van der Waals surface area contributed by atoms with E-state index >= 15 is 0 Å². The van der Waals surface area contributed by atoms with Crippen LogP contribution in [0, 0.1) is 0 Å². The van der Waals surface area contributed by atoms with Crippen molar-refractivity contribution in [2.24, 2.45) is 0 Å². The minimum atomic E-state index is 0.244. The first kappa shape index (κ1) is 14.9. The second-order valence-electron chi connectivity index (χ2n) is 5.14. The van der Waals surface area contributed by atoms with Crippen molar-refractivity contribution in [3.63, 3.8) is 0 Å². The maximum absolute atomic E-state index is 2.42. The van der Waals surface area contributed by atoms with Gasteiger partial charge in [-0.25, -0.2) is 0 Å². The Kier molecular flexibility index (Phi) is 6.84. The smallest absolute Gasteiger partial charge is 0.0225 e. The molecule has 0 heterocycles.